The smallest absolute Gasteiger partial charge is 0.369 e. The SMILES string of the molecule is CN(CCC1COc2ccccc2C1)CCC(O)(P(=O)(O)O)P(=O)(O)O. The fraction of sp³-hybridized carbons (Fsp3) is 0.600. The Balaban J connectivity index is 1.87. The maximum absolute atomic E-state index is 11.4. The van der Waals surface area contributed by atoms with Crippen LogP contribution in [0.25, 0.3) is 0 Å². The van der Waals surface area contributed by atoms with Gasteiger partial charge in [-0.05, 0) is 44.0 Å². The summed E-state index contributed by atoms with van der Waals surface area (Å²) < 4.78 is 28.4. The Morgan fingerprint density at radius 3 is 2.38 bits per heavy atom. The Labute approximate surface area is 151 Å². The highest BCUT2D eigenvalue weighted by Gasteiger charge is 2.58. The molecule has 0 saturated carbocycles. The van der Waals surface area contributed by atoms with E-state index < -0.39 is 26.7 Å². The van der Waals surface area contributed by atoms with Crippen LogP contribution in [0, 0.1) is 5.92 Å². The van der Waals surface area contributed by atoms with Crippen LogP contribution in [0.2, 0.25) is 0 Å². The average molecular weight is 409 g/mol. The molecular formula is C15H25NO8P2. The van der Waals surface area contributed by atoms with Crippen molar-refractivity contribution in [2.24, 2.45) is 5.92 Å². The third kappa shape index (κ3) is 4.94. The van der Waals surface area contributed by atoms with Crippen LogP contribution in [0.5, 0.6) is 5.75 Å². The fourth-order valence-corrected chi connectivity index (χ4v) is 5.03. The molecule has 1 heterocycles. The summed E-state index contributed by atoms with van der Waals surface area (Å²) in [5, 5.41) is 6.53. The van der Waals surface area contributed by atoms with E-state index in [2.05, 4.69) is 0 Å². The van der Waals surface area contributed by atoms with E-state index >= 15 is 0 Å². The Morgan fingerprint density at radius 1 is 1.15 bits per heavy atom. The molecule has 26 heavy (non-hydrogen) atoms. The zero-order chi connectivity index (χ0) is 19.6. The molecule has 0 fully saturated rings. The summed E-state index contributed by atoms with van der Waals surface area (Å²) in [5.74, 6) is 1.15. The minimum Gasteiger partial charge on any atom is -0.493 e. The second kappa shape index (κ2) is 8.09. The van der Waals surface area contributed by atoms with Gasteiger partial charge in [0.25, 0.3) is 5.08 Å². The standard InChI is InChI=1S/C15H25NO8P2/c1-16(9-7-15(17,25(18,19)20)26(21,22)23)8-6-12-10-13-4-2-3-5-14(13)24-11-12/h2-5,12,17H,6-11H2,1H3,(H2,18,19,20)(H2,21,22,23). The van der Waals surface area contributed by atoms with Gasteiger partial charge in [-0.3, -0.25) is 9.13 Å². The van der Waals surface area contributed by atoms with E-state index in [0.717, 1.165) is 24.2 Å². The molecular weight excluding hydrogens is 384 g/mol. The molecule has 1 atom stereocenters. The molecule has 0 aliphatic carbocycles. The quantitative estimate of drug-likeness (QED) is 0.396. The molecule has 1 aliphatic rings. The summed E-state index contributed by atoms with van der Waals surface area (Å²) >= 11 is 0. The minimum atomic E-state index is -5.40. The lowest BCUT2D eigenvalue weighted by molar-refractivity contribution is 0.110. The summed E-state index contributed by atoms with van der Waals surface area (Å²) in [6.07, 6.45) is 0.871. The van der Waals surface area contributed by atoms with Crippen LogP contribution in [-0.2, 0) is 15.6 Å². The van der Waals surface area contributed by atoms with Crippen molar-refractivity contribution < 1.29 is 38.5 Å². The van der Waals surface area contributed by atoms with Gasteiger partial charge in [-0.1, -0.05) is 18.2 Å². The van der Waals surface area contributed by atoms with E-state index in [9.17, 15) is 14.2 Å². The van der Waals surface area contributed by atoms with Crippen LogP contribution >= 0.6 is 15.2 Å². The summed E-state index contributed by atoms with van der Waals surface area (Å²) in [6, 6.07) is 7.78. The Kier molecular flexibility index (Phi) is 6.70. The van der Waals surface area contributed by atoms with Gasteiger partial charge < -0.3 is 34.3 Å². The molecule has 0 aromatic heterocycles. The highest BCUT2D eigenvalue weighted by atomic mass is 31.2. The fourth-order valence-electron chi connectivity index (χ4n) is 2.89. The summed E-state index contributed by atoms with van der Waals surface area (Å²) in [4.78, 5) is 38.3. The lowest BCUT2D eigenvalue weighted by Gasteiger charge is -2.31. The highest BCUT2D eigenvalue weighted by Crippen LogP contribution is 2.68. The molecule has 0 amide bonds. The van der Waals surface area contributed by atoms with Crippen LogP contribution in [0.1, 0.15) is 18.4 Å². The zero-order valence-corrected chi connectivity index (χ0v) is 16.2. The number of rotatable bonds is 8. The third-order valence-electron chi connectivity index (χ3n) is 4.64. The van der Waals surface area contributed by atoms with Crippen molar-refractivity contribution >= 4 is 15.2 Å². The molecule has 0 saturated heterocycles. The number of ether oxygens (including phenoxy) is 1. The molecule has 0 spiro atoms. The van der Waals surface area contributed by atoms with Crippen LogP contribution in [0.15, 0.2) is 24.3 Å². The van der Waals surface area contributed by atoms with Gasteiger partial charge in [0.05, 0.1) is 6.61 Å². The normalized spacial score (nSPS) is 18.5. The molecule has 11 heteroatoms. The first kappa shape index (κ1) is 21.5. The molecule has 1 aliphatic heterocycles. The number of aliphatic hydroxyl groups is 1. The van der Waals surface area contributed by atoms with Crippen molar-refractivity contribution in [2.75, 3.05) is 26.7 Å². The van der Waals surface area contributed by atoms with E-state index in [1.165, 1.54) is 0 Å². The monoisotopic (exact) mass is 409 g/mol. The summed E-state index contributed by atoms with van der Waals surface area (Å²) in [5.41, 5.74) is 1.13. The van der Waals surface area contributed by atoms with Crippen molar-refractivity contribution in [1.82, 2.24) is 4.90 Å². The first-order chi connectivity index (χ1) is 11.9. The maximum Gasteiger partial charge on any atom is 0.369 e. The largest absolute Gasteiger partial charge is 0.493 e. The second-order valence-electron chi connectivity index (χ2n) is 6.69. The number of hydrogen-bond donors (Lipinski definition) is 5. The third-order valence-corrected chi connectivity index (χ3v) is 8.51. The van der Waals surface area contributed by atoms with Crippen molar-refractivity contribution in [2.45, 2.75) is 24.3 Å². The molecule has 0 radical (unpaired) electrons. The molecule has 9 nitrogen and oxygen atoms in total. The molecule has 1 aromatic rings. The van der Waals surface area contributed by atoms with Crippen LogP contribution in [0.4, 0.5) is 0 Å². The van der Waals surface area contributed by atoms with Gasteiger partial charge in [0.1, 0.15) is 5.75 Å². The number of benzene rings is 1. The van der Waals surface area contributed by atoms with E-state index in [4.69, 9.17) is 24.3 Å². The van der Waals surface area contributed by atoms with Gasteiger partial charge >= 0.3 is 15.2 Å². The van der Waals surface area contributed by atoms with Crippen molar-refractivity contribution in [3.8, 4) is 5.75 Å². The van der Waals surface area contributed by atoms with Crippen LogP contribution < -0.4 is 4.74 Å². The Morgan fingerprint density at radius 2 is 1.77 bits per heavy atom. The van der Waals surface area contributed by atoms with Gasteiger partial charge in [0.2, 0.25) is 0 Å². The number of nitrogens with zero attached hydrogens (tertiary/aromatic N) is 1. The Hall–Kier alpha value is -0.760. The molecule has 1 aromatic carbocycles. The maximum atomic E-state index is 11.4. The van der Waals surface area contributed by atoms with Crippen LogP contribution in [0.3, 0.4) is 0 Å². The first-order valence-corrected chi connectivity index (χ1v) is 11.4. The topological polar surface area (TPSA) is 148 Å². The van der Waals surface area contributed by atoms with Gasteiger partial charge in [-0.15, -0.1) is 0 Å². The van der Waals surface area contributed by atoms with E-state index in [-0.39, 0.29) is 12.5 Å². The molecule has 2 rings (SSSR count). The zero-order valence-electron chi connectivity index (χ0n) is 14.4. The lowest BCUT2D eigenvalue weighted by atomic mass is 9.94. The molecule has 1 unspecified atom stereocenters. The molecule has 5 N–H and O–H groups in total. The van der Waals surface area contributed by atoms with Gasteiger partial charge in [-0.25, -0.2) is 0 Å². The molecule has 0 bridgehead atoms. The van der Waals surface area contributed by atoms with Gasteiger partial charge in [-0.2, -0.15) is 0 Å². The molecule has 148 valence electrons. The number of para-hydroxylation sites is 1. The first-order valence-electron chi connectivity index (χ1n) is 8.17. The van der Waals surface area contributed by atoms with E-state index in [0.29, 0.717) is 13.2 Å². The van der Waals surface area contributed by atoms with Crippen molar-refractivity contribution in [1.29, 1.82) is 0 Å². The van der Waals surface area contributed by atoms with Crippen molar-refractivity contribution in [3.63, 3.8) is 0 Å². The Bertz CT molecular complexity index is 693. The minimum absolute atomic E-state index is 0.0725. The summed E-state index contributed by atoms with van der Waals surface area (Å²) in [6.45, 7) is 1.03. The van der Waals surface area contributed by atoms with Gasteiger partial charge in [0, 0.05) is 13.0 Å². The average Bonchev–Trinajstić information content (AvgIpc) is 2.55. The van der Waals surface area contributed by atoms with E-state index in [1.54, 1.807) is 11.9 Å². The number of fused-ring (bicyclic) bond motifs is 1. The highest BCUT2D eigenvalue weighted by molar-refractivity contribution is 7.72. The van der Waals surface area contributed by atoms with Crippen molar-refractivity contribution in [3.05, 3.63) is 29.8 Å². The van der Waals surface area contributed by atoms with E-state index in [1.807, 2.05) is 24.3 Å². The second-order valence-corrected chi connectivity index (χ2v) is 10.7. The predicted octanol–water partition coefficient (Wildman–Crippen LogP) is 0.951. The number of hydrogen-bond acceptors (Lipinski definition) is 5. The summed E-state index contributed by atoms with van der Waals surface area (Å²) in [7, 11) is -9.14. The van der Waals surface area contributed by atoms with Crippen LogP contribution in [-0.4, -0.2) is 61.4 Å². The van der Waals surface area contributed by atoms with Gasteiger partial charge in [0.15, 0.2) is 0 Å². The predicted molar refractivity (Wildman–Crippen MR) is 94.9 cm³/mol. The lowest BCUT2D eigenvalue weighted by Crippen LogP contribution is -2.35.